The zero-order valence-electron chi connectivity index (χ0n) is 4.92. The molecule has 0 spiro atoms. The number of alkyl halides is 1. The summed E-state index contributed by atoms with van der Waals surface area (Å²) in [6.45, 7) is 0.378. The van der Waals surface area contributed by atoms with Crippen molar-refractivity contribution in [1.82, 2.24) is 4.67 Å². The molecule has 1 aliphatic heterocycles. The third-order valence-corrected chi connectivity index (χ3v) is 2.01. The fourth-order valence-corrected chi connectivity index (χ4v) is 1.35. The van der Waals surface area contributed by atoms with Crippen LogP contribution >= 0.6 is 9.39 Å². The predicted octanol–water partition coefficient (Wildman–Crippen LogP) is 0.712. The van der Waals surface area contributed by atoms with Crippen LogP contribution in [-0.2, 0) is 0 Å². The van der Waals surface area contributed by atoms with E-state index in [4.69, 9.17) is 5.26 Å². The summed E-state index contributed by atoms with van der Waals surface area (Å²) in [7, 11) is 2.35. The minimum atomic E-state index is -0.813. The van der Waals surface area contributed by atoms with Gasteiger partial charge >= 0.3 is 0 Å². The van der Waals surface area contributed by atoms with E-state index in [2.05, 4.69) is 9.39 Å². The molecule has 0 N–H and O–H groups in total. The van der Waals surface area contributed by atoms with Gasteiger partial charge in [-0.3, -0.25) is 4.67 Å². The van der Waals surface area contributed by atoms with E-state index in [1.54, 1.807) is 4.67 Å². The van der Waals surface area contributed by atoms with Crippen LogP contribution in [0.3, 0.4) is 0 Å². The van der Waals surface area contributed by atoms with E-state index in [0.717, 1.165) is 0 Å². The van der Waals surface area contributed by atoms with Crippen molar-refractivity contribution >= 4 is 9.39 Å². The second kappa shape index (κ2) is 2.60. The molecule has 1 heterocycles. The SMILES string of the molecule is N#CC1CC(F)CN1P. The molecule has 1 aliphatic rings. The number of halogens is 1. The van der Waals surface area contributed by atoms with Gasteiger partial charge in [0.05, 0.1) is 6.07 Å². The highest BCUT2D eigenvalue weighted by Gasteiger charge is 2.28. The Bertz CT molecular complexity index is 144. The van der Waals surface area contributed by atoms with Gasteiger partial charge in [0.25, 0.3) is 0 Å². The molecular formula is C5H8FN2P. The Morgan fingerprint density at radius 3 is 2.67 bits per heavy atom. The molecule has 50 valence electrons. The normalized spacial score (nSPS) is 36.6. The number of rotatable bonds is 0. The van der Waals surface area contributed by atoms with Crippen molar-refractivity contribution in [3.05, 3.63) is 0 Å². The monoisotopic (exact) mass is 146 g/mol. The summed E-state index contributed by atoms with van der Waals surface area (Å²) >= 11 is 0. The average Bonchev–Trinajstić information content (AvgIpc) is 2.10. The molecule has 0 saturated carbocycles. The van der Waals surface area contributed by atoms with E-state index < -0.39 is 6.17 Å². The van der Waals surface area contributed by atoms with E-state index in [1.165, 1.54) is 0 Å². The van der Waals surface area contributed by atoms with Crippen LogP contribution in [0.4, 0.5) is 4.39 Å². The topological polar surface area (TPSA) is 27.0 Å². The minimum Gasteiger partial charge on any atom is -0.269 e. The molecule has 4 heteroatoms. The van der Waals surface area contributed by atoms with Crippen LogP contribution in [0.2, 0.25) is 0 Å². The summed E-state index contributed by atoms with van der Waals surface area (Å²) in [6.07, 6.45) is -0.452. The third kappa shape index (κ3) is 1.38. The quantitative estimate of drug-likeness (QED) is 0.470. The first-order chi connectivity index (χ1) is 4.24. The molecule has 0 bridgehead atoms. The number of hydrogen-bond donors (Lipinski definition) is 0. The smallest absolute Gasteiger partial charge is 0.116 e. The van der Waals surface area contributed by atoms with Gasteiger partial charge in [-0.1, -0.05) is 9.39 Å². The lowest BCUT2D eigenvalue weighted by Gasteiger charge is -2.08. The van der Waals surface area contributed by atoms with Crippen molar-refractivity contribution in [3.8, 4) is 6.07 Å². The molecular weight excluding hydrogens is 138 g/mol. The second-order valence-electron chi connectivity index (χ2n) is 2.17. The molecule has 0 radical (unpaired) electrons. The highest BCUT2D eigenvalue weighted by Crippen LogP contribution is 2.22. The van der Waals surface area contributed by atoms with Crippen molar-refractivity contribution in [1.29, 1.82) is 5.26 Å². The van der Waals surface area contributed by atoms with Crippen molar-refractivity contribution in [3.63, 3.8) is 0 Å². The molecule has 0 aromatic carbocycles. The molecule has 0 aromatic rings. The summed E-state index contributed by atoms with van der Waals surface area (Å²) in [5, 5.41) is 8.38. The molecule has 3 unspecified atom stereocenters. The Morgan fingerprint density at radius 1 is 1.78 bits per heavy atom. The van der Waals surface area contributed by atoms with E-state index in [9.17, 15) is 4.39 Å². The molecule has 2 nitrogen and oxygen atoms in total. The number of hydrogen-bond acceptors (Lipinski definition) is 2. The van der Waals surface area contributed by atoms with Crippen LogP contribution in [0.5, 0.6) is 0 Å². The predicted molar refractivity (Wildman–Crippen MR) is 35.3 cm³/mol. The first kappa shape index (κ1) is 6.92. The third-order valence-electron chi connectivity index (χ3n) is 1.44. The van der Waals surface area contributed by atoms with Crippen molar-refractivity contribution in [2.75, 3.05) is 6.54 Å². The second-order valence-corrected chi connectivity index (χ2v) is 2.84. The van der Waals surface area contributed by atoms with Gasteiger partial charge in [0.15, 0.2) is 0 Å². The van der Waals surface area contributed by atoms with Crippen molar-refractivity contribution < 1.29 is 4.39 Å². The molecule has 0 amide bonds. The Kier molecular flexibility index (Phi) is 2.00. The maximum atomic E-state index is 12.4. The van der Waals surface area contributed by atoms with Gasteiger partial charge < -0.3 is 0 Å². The highest BCUT2D eigenvalue weighted by molar-refractivity contribution is 7.13. The van der Waals surface area contributed by atoms with Crippen LogP contribution in [0.1, 0.15) is 6.42 Å². The van der Waals surface area contributed by atoms with Gasteiger partial charge in [0.1, 0.15) is 12.2 Å². The lowest BCUT2D eigenvalue weighted by atomic mass is 10.2. The summed E-state index contributed by atoms with van der Waals surface area (Å²) in [5.74, 6) is 0. The molecule has 0 aromatic heterocycles. The standard InChI is InChI=1S/C5H8FN2P/c6-4-1-5(2-7)8(9)3-4/h4-5H,1,3,9H2. The molecule has 9 heavy (non-hydrogen) atoms. The number of nitrogens with zero attached hydrogens (tertiary/aromatic N) is 2. The molecule has 3 atom stereocenters. The van der Waals surface area contributed by atoms with Crippen molar-refractivity contribution in [2.45, 2.75) is 18.6 Å². The van der Waals surface area contributed by atoms with Crippen LogP contribution in [0.25, 0.3) is 0 Å². The van der Waals surface area contributed by atoms with Gasteiger partial charge in [-0.15, -0.1) is 0 Å². The number of nitriles is 1. The van der Waals surface area contributed by atoms with Crippen LogP contribution < -0.4 is 0 Å². The maximum absolute atomic E-state index is 12.4. The molecule has 1 fully saturated rings. The highest BCUT2D eigenvalue weighted by atomic mass is 31.0. The van der Waals surface area contributed by atoms with Crippen LogP contribution in [-0.4, -0.2) is 23.4 Å². The Labute approximate surface area is 55.9 Å². The minimum absolute atomic E-state index is 0.231. The molecule has 0 aliphatic carbocycles. The molecule has 1 saturated heterocycles. The Hall–Kier alpha value is -0.190. The van der Waals surface area contributed by atoms with E-state index in [0.29, 0.717) is 13.0 Å². The zero-order valence-corrected chi connectivity index (χ0v) is 6.07. The van der Waals surface area contributed by atoms with Crippen LogP contribution in [0, 0.1) is 11.3 Å². The van der Waals surface area contributed by atoms with Gasteiger partial charge in [-0.05, 0) is 0 Å². The van der Waals surface area contributed by atoms with Gasteiger partial charge in [-0.25, -0.2) is 4.39 Å². The largest absolute Gasteiger partial charge is 0.269 e. The lowest BCUT2D eigenvalue weighted by Crippen LogP contribution is -2.16. The van der Waals surface area contributed by atoms with Crippen LogP contribution in [0.15, 0.2) is 0 Å². The maximum Gasteiger partial charge on any atom is 0.116 e. The lowest BCUT2D eigenvalue weighted by molar-refractivity contribution is 0.349. The summed E-state index contributed by atoms with van der Waals surface area (Å²) in [4.78, 5) is 0. The summed E-state index contributed by atoms with van der Waals surface area (Å²) < 4.78 is 14.1. The average molecular weight is 146 g/mol. The summed E-state index contributed by atoms with van der Waals surface area (Å²) in [6, 6.07) is 1.78. The van der Waals surface area contributed by atoms with Gasteiger partial charge in [-0.2, -0.15) is 5.26 Å². The van der Waals surface area contributed by atoms with E-state index in [-0.39, 0.29) is 6.04 Å². The van der Waals surface area contributed by atoms with Gasteiger partial charge in [0.2, 0.25) is 0 Å². The van der Waals surface area contributed by atoms with E-state index in [1.807, 2.05) is 6.07 Å². The Morgan fingerprint density at radius 2 is 2.44 bits per heavy atom. The molecule has 1 rings (SSSR count). The van der Waals surface area contributed by atoms with Crippen molar-refractivity contribution in [2.24, 2.45) is 0 Å². The first-order valence-electron chi connectivity index (χ1n) is 2.79. The first-order valence-corrected chi connectivity index (χ1v) is 3.30. The summed E-state index contributed by atoms with van der Waals surface area (Å²) in [5.41, 5.74) is 0. The Balaban J connectivity index is 2.50. The fourth-order valence-electron chi connectivity index (χ4n) is 0.935. The fraction of sp³-hybridized carbons (Fsp3) is 0.800. The van der Waals surface area contributed by atoms with E-state index >= 15 is 0 Å². The van der Waals surface area contributed by atoms with Gasteiger partial charge in [0, 0.05) is 13.0 Å². The zero-order chi connectivity index (χ0) is 6.85.